The Morgan fingerprint density at radius 1 is 1.42 bits per heavy atom. The number of hydrogen-bond acceptors (Lipinski definition) is 3. The van der Waals surface area contributed by atoms with Crippen molar-refractivity contribution in [3.63, 3.8) is 0 Å². The number of nitrogens with one attached hydrogen (secondary N) is 1. The number of nitrogens with zero attached hydrogens (tertiary/aromatic N) is 1. The predicted octanol–water partition coefficient (Wildman–Crippen LogP) is 1.88. The molecule has 4 nitrogen and oxygen atoms in total. The van der Waals surface area contributed by atoms with Crippen LogP contribution in [0.3, 0.4) is 0 Å². The zero-order chi connectivity index (χ0) is 14.6. The Labute approximate surface area is 118 Å². The molecule has 1 amide bonds. The van der Waals surface area contributed by atoms with E-state index in [0.29, 0.717) is 18.1 Å². The average Bonchev–Trinajstić information content (AvgIpc) is 3.08. The molecule has 1 fully saturated rings. The summed E-state index contributed by atoms with van der Waals surface area (Å²) in [6.45, 7) is 11.8. The second-order valence-corrected chi connectivity index (χ2v) is 6.50. The molecule has 0 saturated heterocycles. The summed E-state index contributed by atoms with van der Waals surface area (Å²) in [4.78, 5) is 14.3. The molecular weight excluding hydrogens is 238 g/mol. The van der Waals surface area contributed by atoms with Crippen LogP contribution in [-0.4, -0.2) is 41.0 Å². The molecule has 1 aliphatic rings. The monoisotopic (exact) mass is 269 g/mol. The number of amides is 1. The van der Waals surface area contributed by atoms with Gasteiger partial charge in [-0.1, -0.05) is 6.92 Å². The van der Waals surface area contributed by atoms with E-state index >= 15 is 0 Å². The van der Waals surface area contributed by atoms with Gasteiger partial charge >= 0.3 is 0 Å². The van der Waals surface area contributed by atoms with E-state index in [4.69, 9.17) is 5.73 Å². The molecule has 1 saturated carbocycles. The van der Waals surface area contributed by atoms with E-state index in [9.17, 15) is 4.79 Å². The summed E-state index contributed by atoms with van der Waals surface area (Å²) < 4.78 is 0. The molecule has 0 bridgehead atoms. The summed E-state index contributed by atoms with van der Waals surface area (Å²) in [5.41, 5.74) is 5.04. The van der Waals surface area contributed by atoms with Gasteiger partial charge in [-0.25, -0.2) is 0 Å². The number of hydrogen-bond donors (Lipinski definition) is 2. The quantitative estimate of drug-likeness (QED) is 0.672. The minimum Gasteiger partial charge on any atom is -0.368 e. The van der Waals surface area contributed by atoms with Crippen molar-refractivity contribution in [2.75, 3.05) is 6.54 Å². The second kappa shape index (κ2) is 6.71. The number of nitrogens with two attached hydrogens (primary N) is 1. The lowest BCUT2D eigenvalue weighted by Crippen LogP contribution is -2.57. The molecule has 2 unspecified atom stereocenters. The van der Waals surface area contributed by atoms with Gasteiger partial charge in [-0.05, 0) is 59.9 Å². The Kier molecular flexibility index (Phi) is 5.81. The minimum absolute atomic E-state index is 0.230. The zero-order valence-electron chi connectivity index (χ0n) is 13.2. The molecule has 1 rings (SSSR count). The molecule has 1 aliphatic carbocycles. The van der Waals surface area contributed by atoms with Gasteiger partial charge in [-0.15, -0.1) is 0 Å². The lowest BCUT2D eigenvalue weighted by atomic mass is 9.91. The summed E-state index contributed by atoms with van der Waals surface area (Å²) in [6, 6.07) is 1.33. The van der Waals surface area contributed by atoms with Crippen molar-refractivity contribution in [3.05, 3.63) is 0 Å². The normalized spacial score (nSPS) is 20.6. The molecule has 19 heavy (non-hydrogen) atoms. The van der Waals surface area contributed by atoms with Crippen molar-refractivity contribution in [1.29, 1.82) is 0 Å². The Bertz CT molecular complexity index is 302. The van der Waals surface area contributed by atoms with Crippen LogP contribution in [0.5, 0.6) is 0 Å². The van der Waals surface area contributed by atoms with Crippen molar-refractivity contribution in [2.45, 2.75) is 84.0 Å². The lowest BCUT2D eigenvalue weighted by Gasteiger charge is -2.38. The zero-order valence-corrected chi connectivity index (χ0v) is 13.2. The van der Waals surface area contributed by atoms with Crippen LogP contribution in [0.1, 0.15) is 60.3 Å². The summed E-state index contributed by atoms with van der Waals surface area (Å²) in [6.07, 6.45) is 4.24. The Hall–Kier alpha value is -0.610. The van der Waals surface area contributed by atoms with Gasteiger partial charge in [0.25, 0.3) is 0 Å². The average molecular weight is 269 g/mol. The largest absolute Gasteiger partial charge is 0.368 e. The van der Waals surface area contributed by atoms with Crippen LogP contribution in [0.4, 0.5) is 0 Å². The topological polar surface area (TPSA) is 58.4 Å². The van der Waals surface area contributed by atoms with Crippen molar-refractivity contribution in [1.82, 2.24) is 10.2 Å². The van der Waals surface area contributed by atoms with Crippen LogP contribution < -0.4 is 11.1 Å². The molecule has 112 valence electrons. The van der Waals surface area contributed by atoms with Crippen molar-refractivity contribution < 1.29 is 4.79 Å². The van der Waals surface area contributed by atoms with Crippen molar-refractivity contribution in [2.24, 2.45) is 5.73 Å². The van der Waals surface area contributed by atoms with E-state index < -0.39 is 5.54 Å². The summed E-state index contributed by atoms with van der Waals surface area (Å²) in [7, 11) is 0. The highest BCUT2D eigenvalue weighted by Crippen LogP contribution is 2.26. The first-order chi connectivity index (χ1) is 8.80. The van der Waals surface area contributed by atoms with Gasteiger partial charge < -0.3 is 11.1 Å². The SMILES string of the molecule is CCCN(C(C)C)C(C)CC(C)(NC1CC1)C(N)=O. The van der Waals surface area contributed by atoms with Crippen LogP contribution in [-0.2, 0) is 4.79 Å². The van der Waals surface area contributed by atoms with Crippen LogP contribution in [0.25, 0.3) is 0 Å². The van der Waals surface area contributed by atoms with Gasteiger partial charge in [-0.3, -0.25) is 9.69 Å². The number of primary amides is 1. The van der Waals surface area contributed by atoms with Crippen LogP contribution in [0.2, 0.25) is 0 Å². The van der Waals surface area contributed by atoms with Gasteiger partial charge in [0.05, 0.1) is 5.54 Å². The maximum absolute atomic E-state index is 11.8. The first-order valence-electron chi connectivity index (χ1n) is 7.63. The first kappa shape index (κ1) is 16.4. The minimum atomic E-state index is -0.582. The molecule has 3 N–H and O–H groups in total. The second-order valence-electron chi connectivity index (χ2n) is 6.50. The van der Waals surface area contributed by atoms with E-state index in [1.165, 1.54) is 12.8 Å². The van der Waals surface area contributed by atoms with Gasteiger partial charge in [0.2, 0.25) is 5.91 Å². The Balaban J connectivity index is 2.67. The first-order valence-corrected chi connectivity index (χ1v) is 7.63. The van der Waals surface area contributed by atoms with Gasteiger partial charge in [-0.2, -0.15) is 0 Å². The highest BCUT2D eigenvalue weighted by atomic mass is 16.1. The standard InChI is InChI=1S/C15H31N3O/c1-6-9-18(11(2)3)12(4)10-15(5,14(16)19)17-13-7-8-13/h11-13,17H,6-10H2,1-5H3,(H2,16,19). The predicted molar refractivity (Wildman–Crippen MR) is 80.0 cm³/mol. The number of carbonyl (C=O) groups excluding carboxylic acids is 1. The molecule has 4 heteroatoms. The van der Waals surface area contributed by atoms with Crippen LogP contribution in [0, 0.1) is 0 Å². The van der Waals surface area contributed by atoms with E-state index in [1.807, 2.05) is 6.92 Å². The van der Waals surface area contributed by atoms with E-state index in [-0.39, 0.29) is 5.91 Å². The number of rotatable bonds is 9. The fourth-order valence-electron chi connectivity index (χ4n) is 2.86. The lowest BCUT2D eigenvalue weighted by molar-refractivity contribution is -0.124. The van der Waals surface area contributed by atoms with Gasteiger partial charge in [0.15, 0.2) is 0 Å². The Morgan fingerprint density at radius 3 is 2.37 bits per heavy atom. The fraction of sp³-hybridized carbons (Fsp3) is 0.933. The van der Waals surface area contributed by atoms with Gasteiger partial charge in [0.1, 0.15) is 0 Å². The van der Waals surface area contributed by atoms with Crippen LogP contribution in [0.15, 0.2) is 0 Å². The highest BCUT2D eigenvalue weighted by Gasteiger charge is 2.39. The van der Waals surface area contributed by atoms with E-state index in [1.54, 1.807) is 0 Å². The number of carbonyl (C=O) groups is 1. The van der Waals surface area contributed by atoms with Crippen LogP contribution >= 0.6 is 0 Å². The van der Waals surface area contributed by atoms with E-state index in [2.05, 4.69) is 37.9 Å². The smallest absolute Gasteiger partial charge is 0.237 e. The molecule has 0 spiro atoms. The molecule has 0 aliphatic heterocycles. The Morgan fingerprint density at radius 2 is 2.00 bits per heavy atom. The molecule has 0 aromatic heterocycles. The maximum Gasteiger partial charge on any atom is 0.237 e. The van der Waals surface area contributed by atoms with E-state index in [0.717, 1.165) is 19.4 Å². The summed E-state index contributed by atoms with van der Waals surface area (Å²) in [5.74, 6) is -0.230. The molecule has 0 heterocycles. The molecular formula is C15H31N3O. The molecule has 0 radical (unpaired) electrons. The molecule has 0 aromatic rings. The van der Waals surface area contributed by atoms with Crippen molar-refractivity contribution in [3.8, 4) is 0 Å². The molecule has 2 atom stereocenters. The van der Waals surface area contributed by atoms with Crippen molar-refractivity contribution >= 4 is 5.91 Å². The molecule has 0 aromatic carbocycles. The third-order valence-corrected chi connectivity index (χ3v) is 4.06. The third-order valence-electron chi connectivity index (χ3n) is 4.06. The summed E-state index contributed by atoms with van der Waals surface area (Å²) >= 11 is 0. The van der Waals surface area contributed by atoms with Gasteiger partial charge in [0, 0.05) is 18.1 Å². The third kappa shape index (κ3) is 4.77. The summed E-state index contributed by atoms with van der Waals surface area (Å²) in [5, 5.41) is 3.43. The maximum atomic E-state index is 11.8. The fourth-order valence-corrected chi connectivity index (χ4v) is 2.86. The highest BCUT2D eigenvalue weighted by molar-refractivity contribution is 5.84.